The van der Waals surface area contributed by atoms with E-state index in [2.05, 4.69) is 24.1 Å². The topological polar surface area (TPSA) is 34.1 Å². The van der Waals surface area contributed by atoms with Gasteiger partial charge in [-0.15, -0.1) is 0 Å². The van der Waals surface area contributed by atoms with Gasteiger partial charge in [-0.25, -0.2) is 0 Å². The van der Waals surface area contributed by atoms with E-state index in [4.69, 9.17) is 16.3 Å². The van der Waals surface area contributed by atoms with E-state index in [1.807, 2.05) is 36.7 Å². The normalized spacial score (nSPS) is 12.2. The van der Waals surface area contributed by atoms with Crippen LogP contribution in [0.1, 0.15) is 29.7 Å². The lowest BCUT2D eigenvalue weighted by Gasteiger charge is -2.21. The summed E-state index contributed by atoms with van der Waals surface area (Å²) >= 11 is 6.12. The molecule has 112 valence electrons. The van der Waals surface area contributed by atoms with Gasteiger partial charge in [0.15, 0.2) is 0 Å². The molecule has 2 aromatic rings. The van der Waals surface area contributed by atoms with Crippen LogP contribution in [0.5, 0.6) is 5.75 Å². The second-order valence-electron chi connectivity index (χ2n) is 5.00. The fourth-order valence-electron chi connectivity index (χ4n) is 2.51. The maximum atomic E-state index is 6.12. The Balaban J connectivity index is 2.33. The van der Waals surface area contributed by atoms with Crippen molar-refractivity contribution >= 4 is 11.6 Å². The van der Waals surface area contributed by atoms with Crippen LogP contribution in [0.25, 0.3) is 0 Å². The lowest BCUT2D eigenvalue weighted by atomic mass is 9.96. The predicted octanol–water partition coefficient (Wildman–Crippen LogP) is 3.95. The Bertz CT molecular complexity index is 601. The summed E-state index contributed by atoms with van der Waals surface area (Å²) in [6.07, 6.45) is 4.56. The van der Waals surface area contributed by atoms with Crippen LogP contribution in [0.15, 0.2) is 36.7 Å². The van der Waals surface area contributed by atoms with Crippen molar-refractivity contribution in [1.29, 1.82) is 0 Å². The summed E-state index contributed by atoms with van der Waals surface area (Å²) in [5.41, 5.74) is 3.54. The summed E-state index contributed by atoms with van der Waals surface area (Å²) < 4.78 is 5.44. The molecule has 0 fully saturated rings. The third-order valence-corrected chi connectivity index (χ3v) is 3.81. The highest BCUT2D eigenvalue weighted by Gasteiger charge is 2.16. The van der Waals surface area contributed by atoms with Crippen molar-refractivity contribution in [2.45, 2.75) is 26.3 Å². The molecule has 1 atom stereocenters. The van der Waals surface area contributed by atoms with Crippen LogP contribution >= 0.6 is 11.6 Å². The third-order valence-electron chi connectivity index (χ3n) is 3.57. The highest BCUT2D eigenvalue weighted by molar-refractivity contribution is 6.30. The first-order valence-corrected chi connectivity index (χ1v) is 7.49. The van der Waals surface area contributed by atoms with Gasteiger partial charge in [0, 0.05) is 23.5 Å². The average molecular weight is 305 g/mol. The summed E-state index contributed by atoms with van der Waals surface area (Å²) in [5, 5.41) is 4.25. The lowest BCUT2D eigenvalue weighted by Crippen LogP contribution is -2.24. The molecule has 0 aliphatic carbocycles. The molecule has 1 aromatic carbocycles. The van der Waals surface area contributed by atoms with Crippen LogP contribution in [0.3, 0.4) is 0 Å². The minimum Gasteiger partial charge on any atom is -0.496 e. The van der Waals surface area contributed by atoms with Crippen LogP contribution in [0.2, 0.25) is 5.02 Å². The maximum absolute atomic E-state index is 6.12. The van der Waals surface area contributed by atoms with Gasteiger partial charge < -0.3 is 10.1 Å². The largest absolute Gasteiger partial charge is 0.496 e. The number of aromatic nitrogens is 1. The quantitative estimate of drug-likeness (QED) is 0.877. The van der Waals surface area contributed by atoms with Crippen LogP contribution in [-0.2, 0) is 6.42 Å². The van der Waals surface area contributed by atoms with Crippen LogP contribution in [0, 0.1) is 6.92 Å². The van der Waals surface area contributed by atoms with E-state index in [0.29, 0.717) is 0 Å². The highest BCUT2D eigenvalue weighted by atomic mass is 35.5. The van der Waals surface area contributed by atoms with Crippen LogP contribution in [-0.4, -0.2) is 18.6 Å². The zero-order valence-electron chi connectivity index (χ0n) is 12.7. The van der Waals surface area contributed by atoms with Gasteiger partial charge in [-0.2, -0.15) is 0 Å². The Morgan fingerprint density at radius 1 is 1.33 bits per heavy atom. The van der Waals surface area contributed by atoms with E-state index in [-0.39, 0.29) is 6.04 Å². The summed E-state index contributed by atoms with van der Waals surface area (Å²) in [4.78, 5) is 4.25. The number of methoxy groups -OCH3 is 1. The molecule has 0 saturated carbocycles. The first-order valence-electron chi connectivity index (χ1n) is 7.12. The molecule has 2 rings (SSSR count). The molecule has 1 N–H and O–H groups in total. The van der Waals surface area contributed by atoms with E-state index in [1.165, 1.54) is 11.1 Å². The molecule has 21 heavy (non-hydrogen) atoms. The standard InChI is InChI=1S/C17H21ClN2O/c1-4-20-16(15-11-19-8-7-12(15)2)10-13-9-14(18)5-6-17(13)21-3/h5-9,11,16,20H,4,10H2,1-3H3. The second-order valence-corrected chi connectivity index (χ2v) is 5.44. The molecule has 4 heteroatoms. The van der Waals surface area contributed by atoms with Gasteiger partial charge in [0.1, 0.15) is 5.75 Å². The molecule has 1 aromatic heterocycles. The number of ether oxygens (including phenoxy) is 1. The van der Waals surface area contributed by atoms with Crippen molar-refractivity contribution in [3.05, 3.63) is 58.4 Å². The Hall–Kier alpha value is -1.58. The molecule has 0 bridgehead atoms. The number of hydrogen-bond acceptors (Lipinski definition) is 3. The number of halogens is 1. The van der Waals surface area contributed by atoms with E-state index in [9.17, 15) is 0 Å². The molecule has 0 spiro atoms. The minimum absolute atomic E-state index is 0.191. The first-order chi connectivity index (χ1) is 10.2. The van der Waals surface area contributed by atoms with Crippen molar-refractivity contribution < 1.29 is 4.74 Å². The fraction of sp³-hybridized carbons (Fsp3) is 0.353. The van der Waals surface area contributed by atoms with E-state index in [1.54, 1.807) is 7.11 Å². The molecule has 0 saturated heterocycles. The SMILES string of the molecule is CCNC(Cc1cc(Cl)ccc1OC)c1cnccc1C. The van der Waals surface area contributed by atoms with E-state index >= 15 is 0 Å². The lowest BCUT2D eigenvalue weighted by molar-refractivity contribution is 0.405. The average Bonchev–Trinajstić information content (AvgIpc) is 2.48. The van der Waals surface area contributed by atoms with Crippen molar-refractivity contribution in [3.8, 4) is 5.75 Å². The highest BCUT2D eigenvalue weighted by Crippen LogP contribution is 2.28. The van der Waals surface area contributed by atoms with Gasteiger partial charge in [-0.3, -0.25) is 4.98 Å². The molecule has 0 radical (unpaired) electrons. The zero-order valence-corrected chi connectivity index (χ0v) is 13.4. The van der Waals surface area contributed by atoms with Gasteiger partial charge in [0.2, 0.25) is 0 Å². The second kappa shape index (κ2) is 7.43. The van der Waals surface area contributed by atoms with Crippen molar-refractivity contribution in [2.75, 3.05) is 13.7 Å². The Morgan fingerprint density at radius 2 is 2.14 bits per heavy atom. The number of nitrogens with one attached hydrogen (secondary N) is 1. The Morgan fingerprint density at radius 3 is 2.81 bits per heavy atom. The number of pyridine rings is 1. The molecular weight excluding hydrogens is 284 g/mol. The van der Waals surface area contributed by atoms with Crippen LogP contribution in [0.4, 0.5) is 0 Å². The van der Waals surface area contributed by atoms with Crippen molar-refractivity contribution in [1.82, 2.24) is 10.3 Å². The maximum Gasteiger partial charge on any atom is 0.122 e. The molecule has 0 amide bonds. The molecule has 3 nitrogen and oxygen atoms in total. The molecule has 1 heterocycles. The Labute approximate surface area is 131 Å². The minimum atomic E-state index is 0.191. The van der Waals surface area contributed by atoms with Gasteiger partial charge in [-0.05, 0) is 60.8 Å². The molecule has 1 unspecified atom stereocenters. The number of likely N-dealkylation sites (N-methyl/N-ethyl adjacent to an activating group) is 1. The summed E-state index contributed by atoms with van der Waals surface area (Å²) in [6.45, 7) is 5.10. The number of aryl methyl sites for hydroxylation is 1. The van der Waals surface area contributed by atoms with Gasteiger partial charge in [0.25, 0.3) is 0 Å². The van der Waals surface area contributed by atoms with Crippen molar-refractivity contribution in [3.63, 3.8) is 0 Å². The molecule has 0 aliphatic heterocycles. The monoisotopic (exact) mass is 304 g/mol. The zero-order chi connectivity index (χ0) is 15.2. The summed E-state index contributed by atoms with van der Waals surface area (Å²) in [7, 11) is 1.68. The van der Waals surface area contributed by atoms with Crippen LogP contribution < -0.4 is 10.1 Å². The first kappa shape index (κ1) is 15.8. The number of rotatable bonds is 6. The molecular formula is C17H21ClN2O. The molecule has 0 aliphatic rings. The van der Waals surface area contributed by atoms with E-state index < -0.39 is 0 Å². The fourth-order valence-corrected chi connectivity index (χ4v) is 2.70. The number of nitrogens with zero attached hydrogens (tertiary/aromatic N) is 1. The van der Waals surface area contributed by atoms with Gasteiger partial charge in [-0.1, -0.05) is 18.5 Å². The summed E-state index contributed by atoms with van der Waals surface area (Å²) in [5.74, 6) is 0.865. The van der Waals surface area contributed by atoms with Gasteiger partial charge >= 0.3 is 0 Å². The Kier molecular flexibility index (Phi) is 5.59. The van der Waals surface area contributed by atoms with E-state index in [0.717, 1.165) is 29.3 Å². The third kappa shape index (κ3) is 3.96. The predicted molar refractivity (Wildman–Crippen MR) is 87.1 cm³/mol. The van der Waals surface area contributed by atoms with Gasteiger partial charge in [0.05, 0.1) is 7.11 Å². The number of hydrogen-bond donors (Lipinski definition) is 1. The smallest absolute Gasteiger partial charge is 0.122 e. The van der Waals surface area contributed by atoms with Crippen molar-refractivity contribution in [2.24, 2.45) is 0 Å². The number of benzene rings is 1. The summed E-state index contributed by atoms with van der Waals surface area (Å²) in [6, 6.07) is 7.96.